The van der Waals surface area contributed by atoms with E-state index in [0.717, 1.165) is 11.3 Å². The molecule has 3 rings (SSSR count). The van der Waals surface area contributed by atoms with Crippen LogP contribution in [0, 0.1) is 0 Å². The first-order valence-corrected chi connectivity index (χ1v) is 8.45. The number of carbonyl (C=O) groups excluding carboxylic acids is 1. The number of benzene rings is 1. The average molecular weight is 384 g/mol. The molecule has 11 heteroatoms. The summed E-state index contributed by atoms with van der Waals surface area (Å²) in [6.07, 6.45) is 0. The fraction of sp³-hybridized carbons (Fsp3) is 0.294. The number of hydrazone groups is 1. The van der Waals surface area contributed by atoms with Gasteiger partial charge in [-0.1, -0.05) is 19.1 Å². The maximum atomic E-state index is 12.6. The van der Waals surface area contributed by atoms with Crippen LogP contribution in [0.4, 0.5) is 5.82 Å². The lowest BCUT2D eigenvalue weighted by Crippen LogP contribution is -2.22. The third-order valence-electron chi connectivity index (χ3n) is 4.00. The second-order valence-electron chi connectivity index (χ2n) is 6.23. The molecule has 1 amide bonds. The van der Waals surface area contributed by atoms with E-state index in [2.05, 4.69) is 35.8 Å². The molecular formula is C17H20N8O3. The van der Waals surface area contributed by atoms with Gasteiger partial charge in [0.1, 0.15) is 5.75 Å². The van der Waals surface area contributed by atoms with Crippen molar-refractivity contribution in [2.24, 2.45) is 5.10 Å². The fourth-order valence-corrected chi connectivity index (χ4v) is 2.55. The van der Waals surface area contributed by atoms with Gasteiger partial charge in [-0.3, -0.25) is 4.79 Å². The normalized spacial score (nSPS) is 11.7. The molecular weight excluding hydrogens is 364 g/mol. The van der Waals surface area contributed by atoms with Crippen molar-refractivity contribution in [1.29, 1.82) is 0 Å². The van der Waals surface area contributed by atoms with Gasteiger partial charge in [-0.2, -0.15) is 9.78 Å². The molecule has 0 bridgehead atoms. The van der Waals surface area contributed by atoms with Crippen LogP contribution < -0.4 is 15.9 Å². The van der Waals surface area contributed by atoms with Crippen LogP contribution in [0.25, 0.3) is 5.82 Å². The van der Waals surface area contributed by atoms with Gasteiger partial charge in [0.25, 0.3) is 5.91 Å². The maximum Gasteiger partial charge on any atom is 0.293 e. The van der Waals surface area contributed by atoms with Gasteiger partial charge < -0.3 is 10.5 Å². The van der Waals surface area contributed by atoms with Gasteiger partial charge in [0.15, 0.2) is 5.69 Å². The highest BCUT2D eigenvalue weighted by molar-refractivity contribution is 6.00. The zero-order chi connectivity index (χ0) is 20.3. The van der Waals surface area contributed by atoms with Crippen LogP contribution in [0.1, 0.15) is 48.4 Å². The molecule has 3 aromatic rings. The van der Waals surface area contributed by atoms with E-state index in [1.807, 2.05) is 38.1 Å². The van der Waals surface area contributed by atoms with Crippen molar-refractivity contribution in [1.82, 2.24) is 30.7 Å². The lowest BCUT2D eigenvalue weighted by atomic mass is 10.1. The van der Waals surface area contributed by atoms with Crippen LogP contribution in [0.15, 0.2) is 34.0 Å². The third-order valence-corrected chi connectivity index (χ3v) is 4.00. The predicted octanol–water partition coefficient (Wildman–Crippen LogP) is 1.52. The number of anilines is 1. The summed E-state index contributed by atoms with van der Waals surface area (Å²) in [4.78, 5) is 12.6. The number of aromatic nitrogens is 5. The second-order valence-corrected chi connectivity index (χ2v) is 6.23. The quantitative estimate of drug-likeness (QED) is 0.480. The Morgan fingerprint density at radius 3 is 2.57 bits per heavy atom. The first kappa shape index (κ1) is 19.0. The second kappa shape index (κ2) is 7.86. The Hall–Kier alpha value is -3.76. The molecule has 0 atom stereocenters. The Bertz CT molecular complexity index is 1000. The van der Waals surface area contributed by atoms with Crippen molar-refractivity contribution in [3.8, 4) is 11.6 Å². The summed E-state index contributed by atoms with van der Waals surface area (Å²) in [6.45, 7) is 5.56. The summed E-state index contributed by atoms with van der Waals surface area (Å²) >= 11 is 0. The minimum Gasteiger partial charge on any atom is -0.497 e. The van der Waals surface area contributed by atoms with Gasteiger partial charge in [-0.15, -0.1) is 5.10 Å². The van der Waals surface area contributed by atoms with Gasteiger partial charge in [-0.25, -0.2) is 10.1 Å². The van der Waals surface area contributed by atoms with Gasteiger partial charge in [0.2, 0.25) is 11.6 Å². The molecule has 11 nitrogen and oxygen atoms in total. The van der Waals surface area contributed by atoms with Crippen LogP contribution >= 0.6 is 0 Å². The number of ether oxygens (including phenoxy) is 1. The number of amides is 1. The fourth-order valence-electron chi connectivity index (χ4n) is 2.55. The summed E-state index contributed by atoms with van der Waals surface area (Å²) in [5, 5.41) is 19.3. The Kier molecular flexibility index (Phi) is 5.34. The number of carbonyl (C=O) groups is 1. The summed E-state index contributed by atoms with van der Waals surface area (Å²) < 4.78 is 11.1. The van der Waals surface area contributed by atoms with E-state index in [1.165, 1.54) is 4.68 Å². The lowest BCUT2D eigenvalue weighted by Gasteiger charge is -2.08. The Balaban J connectivity index is 1.84. The molecule has 0 unspecified atom stereocenters. The van der Waals surface area contributed by atoms with Crippen LogP contribution in [0.3, 0.4) is 0 Å². The Labute approximate surface area is 160 Å². The first-order valence-electron chi connectivity index (χ1n) is 8.45. The van der Waals surface area contributed by atoms with E-state index in [0.29, 0.717) is 11.4 Å². The molecule has 0 saturated heterocycles. The maximum absolute atomic E-state index is 12.6. The van der Waals surface area contributed by atoms with Crippen LogP contribution in [0.2, 0.25) is 0 Å². The predicted molar refractivity (Wildman–Crippen MR) is 100 cm³/mol. The van der Waals surface area contributed by atoms with E-state index in [-0.39, 0.29) is 23.2 Å². The van der Waals surface area contributed by atoms with E-state index in [4.69, 9.17) is 10.5 Å². The molecule has 0 spiro atoms. The number of methoxy groups -OCH3 is 1. The standard InChI is InChI=1S/C17H20N8O3/c1-9(2)14-13(20-24-25(14)16-15(18)22-28-23-16)17(26)21-19-10(3)11-5-7-12(27-4)8-6-11/h5-9H,1-4H3,(H2,18,22)(H,21,26)/b19-10-. The van der Waals surface area contributed by atoms with E-state index in [1.54, 1.807) is 14.0 Å². The minimum atomic E-state index is -0.502. The topological polar surface area (TPSA) is 146 Å². The summed E-state index contributed by atoms with van der Waals surface area (Å²) in [5.41, 5.74) is 10.3. The van der Waals surface area contributed by atoms with E-state index < -0.39 is 5.91 Å². The van der Waals surface area contributed by atoms with Gasteiger partial charge in [0, 0.05) is 0 Å². The summed E-state index contributed by atoms with van der Waals surface area (Å²) in [5.74, 6) is 0.358. The highest BCUT2D eigenvalue weighted by atomic mass is 16.6. The Morgan fingerprint density at radius 2 is 2.00 bits per heavy atom. The number of nitrogens with two attached hydrogens (primary N) is 1. The summed E-state index contributed by atoms with van der Waals surface area (Å²) in [7, 11) is 1.60. The monoisotopic (exact) mass is 384 g/mol. The molecule has 0 aliphatic heterocycles. The molecule has 0 radical (unpaired) electrons. The van der Waals surface area contributed by atoms with Crippen LogP contribution in [0.5, 0.6) is 5.75 Å². The number of nitrogen functional groups attached to an aromatic ring is 1. The molecule has 1 aromatic carbocycles. The molecule has 2 aromatic heterocycles. The largest absolute Gasteiger partial charge is 0.497 e. The average Bonchev–Trinajstić information content (AvgIpc) is 3.31. The molecule has 0 fully saturated rings. The summed E-state index contributed by atoms with van der Waals surface area (Å²) in [6, 6.07) is 7.32. The molecule has 0 aliphatic carbocycles. The number of hydrogen-bond acceptors (Lipinski definition) is 9. The number of nitrogens with one attached hydrogen (secondary N) is 1. The van der Waals surface area contributed by atoms with Crippen molar-refractivity contribution in [3.05, 3.63) is 41.2 Å². The zero-order valence-corrected chi connectivity index (χ0v) is 15.9. The number of hydrogen-bond donors (Lipinski definition) is 2. The van der Waals surface area contributed by atoms with Crippen molar-refractivity contribution in [3.63, 3.8) is 0 Å². The minimum absolute atomic E-state index is 0.0483. The first-order chi connectivity index (χ1) is 13.4. The zero-order valence-electron chi connectivity index (χ0n) is 15.9. The van der Waals surface area contributed by atoms with Gasteiger partial charge in [-0.05, 0) is 53.0 Å². The number of nitrogens with zero attached hydrogens (tertiary/aromatic N) is 6. The third kappa shape index (κ3) is 3.68. The van der Waals surface area contributed by atoms with Gasteiger partial charge in [0.05, 0.1) is 18.5 Å². The van der Waals surface area contributed by atoms with Crippen molar-refractivity contribution >= 4 is 17.4 Å². The smallest absolute Gasteiger partial charge is 0.293 e. The molecule has 2 heterocycles. The van der Waals surface area contributed by atoms with E-state index >= 15 is 0 Å². The van der Waals surface area contributed by atoms with E-state index in [9.17, 15) is 4.79 Å². The van der Waals surface area contributed by atoms with Crippen LogP contribution in [-0.2, 0) is 0 Å². The highest BCUT2D eigenvalue weighted by Gasteiger charge is 2.25. The van der Waals surface area contributed by atoms with Crippen molar-refractivity contribution in [2.75, 3.05) is 12.8 Å². The molecule has 3 N–H and O–H groups in total. The van der Waals surface area contributed by atoms with Gasteiger partial charge >= 0.3 is 0 Å². The lowest BCUT2D eigenvalue weighted by molar-refractivity contribution is 0.0948. The Morgan fingerprint density at radius 1 is 1.29 bits per heavy atom. The van der Waals surface area contributed by atoms with Crippen molar-refractivity contribution < 1.29 is 14.2 Å². The van der Waals surface area contributed by atoms with Crippen molar-refractivity contribution in [2.45, 2.75) is 26.7 Å². The number of rotatable bonds is 6. The molecule has 0 aliphatic rings. The molecule has 146 valence electrons. The molecule has 0 saturated carbocycles. The highest BCUT2D eigenvalue weighted by Crippen LogP contribution is 2.22. The SMILES string of the molecule is COc1ccc(/C(C)=N\NC(=O)c2nnn(-c3nonc3N)c2C(C)C)cc1. The van der Waals surface area contributed by atoms with Crippen LogP contribution in [-0.4, -0.2) is 44.0 Å². The molecule has 28 heavy (non-hydrogen) atoms.